The number of nitrogens with zero attached hydrogens (tertiary/aromatic N) is 8. The van der Waals surface area contributed by atoms with Gasteiger partial charge in [0.1, 0.15) is 9.79 Å². The SMILES string of the molecule is Cn1c(=O)c(C(=O)c2cccc(SOOO)c2)c2c3c(c(Nc4cc(Nc5nc(N)nc(NC6CCC(CC7CCC(Nc8nc(N)nc(Nc9cc(Nc%10ccc%11c%12c%10C(=O)c%10ccccc%10-c%12c(C(=O)c%10cccc(S(=O)(=O)O)c%10)c(=O)n%11C)c(S(=O)(=O)O)cc9SOOO)n8)CC7)CC6)n5)c(S(=O)(=O)O)cc4SOOO)ccc31)C(=O)c1ccccc1-2. The zero-order valence-corrected chi connectivity index (χ0v) is 69.6. The van der Waals surface area contributed by atoms with E-state index in [0.29, 0.717) is 78.5 Å². The van der Waals surface area contributed by atoms with Gasteiger partial charge in [0, 0.05) is 75.2 Å². The molecule has 12 aromatic rings. The number of anilines is 12. The molecule has 0 saturated heterocycles. The number of rotatable bonds is 30. The molecule has 0 bridgehead atoms. The molecular formula is C79H68N16O24S6. The number of nitrogen functional groups attached to an aromatic ring is 2. The predicted octanol–water partition coefficient (Wildman–Crippen LogP) is 12.8. The molecule has 0 atom stereocenters. The van der Waals surface area contributed by atoms with Gasteiger partial charge in [0.2, 0.25) is 35.7 Å². The summed E-state index contributed by atoms with van der Waals surface area (Å²) in [6.07, 6.45) is 7.10. The lowest BCUT2D eigenvalue weighted by atomic mass is 9.75. The Hall–Kier alpha value is -12.3. The Bertz CT molecular complexity index is 7000. The smallest absolute Gasteiger partial charge is 0.296 e. The van der Waals surface area contributed by atoms with Crippen molar-refractivity contribution in [2.24, 2.45) is 25.9 Å². The van der Waals surface area contributed by atoms with Gasteiger partial charge in [0.05, 0.1) is 118 Å². The van der Waals surface area contributed by atoms with Crippen LogP contribution in [-0.4, -0.2) is 129 Å². The van der Waals surface area contributed by atoms with Gasteiger partial charge in [-0.1, -0.05) is 87.9 Å². The van der Waals surface area contributed by atoms with Crippen molar-refractivity contribution in [2.45, 2.75) is 99.2 Å². The van der Waals surface area contributed by atoms with E-state index in [2.05, 4.69) is 81.3 Å². The largest absolute Gasteiger partial charge is 0.368 e. The summed E-state index contributed by atoms with van der Waals surface area (Å²) in [5, 5.41) is 57.8. The maximum atomic E-state index is 15.0. The van der Waals surface area contributed by atoms with E-state index >= 15 is 0 Å². The number of benzene rings is 8. The molecule has 125 heavy (non-hydrogen) atoms. The van der Waals surface area contributed by atoms with Gasteiger partial charge in [-0.3, -0.25) is 42.4 Å². The standard InChI is InChI=1S/C79H68N16O24S6/c1-94-54-27-25-48(62-64(54)60(44-13-3-5-15-46(44)70(62)98)66(72(94)100)68(96)38-9-7-11-42(30-38)120-117-114-102)84-50-32-53(59(125(111,112)113)34-56(50)121-118-115-103)87-79-91-75(81)89-77(93-79)83-41-23-19-37(20-24-41)29-36-17-21-40(22-18-36)82-76-88-74(80)90-78(92-76)86-51-33-52(58(124(108,109)110)35-57(51)122-119-116-104)85-49-26-28-55-65-61(45-14-4-6-16-47(45)71(99)63(49)65)67(73(101)95(55)2)69(97)39-10-8-12-43(31-39)123(105,106)107/h3-16,25-28,30-37,40-41,84-85,102-104H,17-24,29H2,1-2H3,(H,105,106,107)(H,108,109,110)(H,111,112,113)(H4,80,82,86,88,90,92)(H4,81,83,87,89,91,93). The molecule has 4 aromatic heterocycles. The van der Waals surface area contributed by atoms with Crippen molar-refractivity contribution >= 4 is 181 Å². The second kappa shape index (κ2) is 35.0. The number of ketones is 4. The molecule has 46 heteroatoms. The Balaban J connectivity index is 0.593. The lowest BCUT2D eigenvalue weighted by Crippen LogP contribution is -2.30. The molecule has 2 saturated carbocycles. The minimum atomic E-state index is -5.21. The Morgan fingerprint density at radius 1 is 0.432 bits per heavy atom. The number of nitrogens with one attached hydrogen (secondary N) is 6. The molecule has 4 aliphatic rings. The van der Waals surface area contributed by atoms with Gasteiger partial charge < -0.3 is 52.5 Å². The number of nitrogens with two attached hydrogens (primary N) is 2. The van der Waals surface area contributed by atoms with Crippen LogP contribution >= 0.6 is 36.1 Å². The van der Waals surface area contributed by atoms with Crippen LogP contribution in [0.3, 0.4) is 0 Å². The summed E-state index contributed by atoms with van der Waals surface area (Å²) in [6, 6.07) is 32.8. The molecule has 644 valence electrons. The fraction of sp³-hybridized carbons (Fsp3) is 0.190. The van der Waals surface area contributed by atoms with Crippen LogP contribution < -0.4 is 54.5 Å². The highest BCUT2D eigenvalue weighted by Crippen LogP contribution is 2.50. The van der Waals surface area contributed by atoms with E-state index in [0.717, 1.165) is 60.9 Å². The van der Waals surface area contributed by atoms with E-state index in [-0.39, 0.29) is 175 Å². The summed E-state index contributed by atoms with van der Waals surface area (Å²) in [5.41, 5.74) is 10.2. The first kappa shape index (κ1) is 86.2. The summed E-state index contributed by atoms with van der Waals surface area (Å²) < 4.78 is 126. The highest BCUT2D eigenvalue weighted by atomic mass is 32.2. The number of aryl methyl sites for hydroxylation is 2. The van der Waals surface area contributed by atoms with E-state index in [9.17, 15) is 78.2 Å². The number of carbonyl (C=O) groups is 4. The second-order valence-electron chi connectivity index (χ2n) is 29.4. The fourth-order valence-electron chi connectivity index (χ4n) is 16.5. The van der Waals surface area contributed by atoms with Crippen LogP contribution in [0, 0.1) is 11.8 Å². The molecule has 16 rings (SSSR count). The average Bonchev–Trinajstić information content (AvgIpc) is 0.709. The number of hydrogen-bond donors (Lipinski definition) is 14. The van der Waals surface area contributed by atoms with E-state index in [1.807, 2.05) is 0 Å². The van der Waals surface area contributed by atoms with Crippen molar-refractivity contribution in [3.63, 3.8) is 0 Å². The van der Waals surface area contributed by atoms with Crippen LogP contribution in [0.4, 0.5) is 69.8 Å². The van der Waals surface area contributed by atoms with Crippen molar-refractivity contribution < 1.29 is 102 Å². The zero-order valence-electron chi connectivity index (χ0n) is 64.7. The summed E-state index contributed by atoms with van der Waals surface area (Å²) in [6.45, 7) is 0. The van der Waals surface area contributed by atoms with Crippen molar-refractivity contribution in [1.82, 2.24) is 39.0 Å². The third-order valence-electron chi connectivity index (χ3n) is 22.0. The van der Waals surface area contributed by atoms with Crippen molar-refractivity contribution in [3.05, 3.63) is 211 Å². The minimum Gasteiger partial charge on any atom is -0.368 e. The molecule has 4 heterocycles. The molecule has 4 aliphatic carbocycles. The molecule has 0 spiro atoms. The second-order valence-corrected chi connectivity index (χ2v) is 35.9. The Morgan fingerprint density at radius 3 is 1.28 bits per heavy atom. The van der Waals surface area contributed by atoms with Crippen molar-refractivity contribution in [3.8, 4) is 22.3 Å². The Morgan fingerprint density at radius 2 is 0.832 bits per heavy atom. The molecule has 8 aromatic carbocycles. The highest BCUT2D eigenvalue weighted by molar-refractivity contribution is 7.95. The summed E-state index contributed by atoms with van der Waals surface area (Å²) in [7, 11) is -12.4. The van der Waals surface area contributed by atoms with Gasteiger partial charge in [-0.15, -0.1) is 13.0 Å². The van der Waals surface area contributed by atoms with E-state index in [1.54, 1.807) is 42.5 Å². The maximum Gasteiger partial charge on any atom is 0.296 e. The topological polar surface area (TPSA) is 593 Å². The predicted molar refractivity (Wildman–Crippen MR) is 455 cm³/mol. The summed E-state index contributed by atoms with van der Waals surface area (Å²) >= 11 is 1.20. The highest BCUT2D eigenvalue weighted by Gasteiger charge is 2.39. The van der Waals surface area contributed by atoms with Gasteiger partial charge in [-0.05, 0) is 154 Å². The van der Waals surface area contributed by atoms with Gasteiger partial charge in [-0.25, -0.2) is 15.8 Å². The third kappa shape index (κ3) is 17.4. The first-order valence-corrected chi connectivity index (χ1v) is 44.2. The van der Waals surface area contributed by atoms with Gasteiger partial charge >= 0.3 is 0 Å². The zero-order chi connectivity index (χ0) is 88.2. The number of carbonyl (C=O) groups excluding carboxylic acids is 4. The Labute approximate surface area is 719 Å². The van der Waals surface area contributed by atoms with Crippen LogP contribution in [0.5, 0.6) is 0 Å². The average molecular weight is 1820 g/mol. The normalized spacial score (nSPS) is 16.2. The van der Waals surface area contributed by atoms with Crippen LogP contribution in [0.2, 0.25) is 0 Å². The van der Waals surface area contributed by atoms with Crippen LogP contribution in [0.1, 0.15) is 121 Å². The van der Waals surface area contributed by atoms with Crippen molar-refractivity contribution in [2.75, 3.05) is 43.4 Å². The van der Waals surface area contributed by atoms with Crippen LogP contribution in [-0.2, 0) is 72.6 Å². The van der Waals surface area contributed by atoms with Crippen molar-refractivity contribution in [1.29, 1.82) is 0 Å². The molecule has 2 fully saturated rings. The monoisotopic (exact) mass is 1820 g/mol. The molecule has 16 N–H and O–H groups in total. The number of pyridine rings is 2. The molecular weight excluding hydrogens is 1750 g/mol. The molecule has 0 amide bonds. The first-order chi connectivity index (χ1) is 59.8. The lowest BCUT2D eigenvalue weighted by molar-refractivity contribution is -0.432. The number of aromatic nitrogens is 8. The number of fused-ring (bicyclic) bond motifs is 4. The Kier molecular flexibility index (Phi) is 24.2. The maximum absolute atomic E-state index is 15.0. The van der Waals surface area contributed by atoms with Crippen LogP contribution in [0.25, 0.3) is 44.1 Å². The quantitative estimate of drug-likeness (QED) is 0.00653. The molecule has 0 unspecified atom stereocenters. The van der Waals surface area contributed by atoms with E-state index in [1.165, 1.54) is 97.5 Å². The molecule has 0 radical (unpaired) electrons. The fourth-order valence-corrected chi connectivity index (χ4v) is 19.8. The lowest BCUT2D eigenvalue weighted by Gasteiger charge is -2.34. The third-order valence-corrected chi connectivity index (χ3v) is 26.5. The summed E-state index contributed by atoms with van der Waals surface area (Å²) in [5.74, 6) is -3.00. The van der Waals surface area contributed by atoms with E-state index < -0.39 is 84.9 Å². The first-order valence-electron chi connectivity index (χ1n) is 37.7. The van der Waals surface area contributed by atoms with Gasteiger partial charge in [0.25, 0.3) is 41.5 Å². The summed E-state index contributed by atoms with van der Waals surface area (Å²) in [4.78, 5) is 112. The van der Waals surface area contributed by atoms with Gasteiger partial charge in [0.15, 0.2) is 23.1 Å². The van der Waals surface area contributed by atoms with Crippen LogP contribution in [0.15, 0.2) is 185 Å². The van der Waals surface area contributed by atoms with Gasteiger partial charge in [-0.2, -0.15) is 55.2 Å². The minimum absolute atomic E-state index is 0.0125. The number of hydrogen-bond acceptors (Lipinski definition) is 38. The molecule has 40 nitrogen and oxygen atoms in total. The molecule has 0 aliphatic heterocycles. The van der Waals surface area contributed by atoms with E-state index in [4.69, 9.17) is 25.4 Å².